The quantitative estimate of drug-likeness (QED) is 0.512. The second-order valence-corrected chi connectivity index (χ2v) is 6.82. The summed E-state index contributed by atoms with van der Waals surface area (Å²) < 4.78 is 0.830. The smallest absolute Gasteiger partial charge is 0.251 e. The first kappa shape index (κ1) is 19.8. The Labute approximate surface area is 161 Å². The average Bonchev–Trinajstić information content (AvgIpc) is 2.63. The number of hydrogen-bond acceptors (Lipinski definition) is 3. The third-order valence-electron chi connectivity index (χ3n) is 3.77. The lowest BCUT2D eigenvalue weighted by Gasteiger charge is -2.07. The molecule has 0 aliphatic carbocycles. The van der Waals surface area contributed by atoms with E-state index >= 15 is 0 Å². The molecular formula is C20H21BrN2O3. The fraction of sp³-hybridized carbons (Fsp3) is 0.250. The number of nitrogens with one attached hydrogen (secondary N) is 2. The molecule has 0 bridgehead atoms. The van der Waals surface area contributed by atoms with Crippen LogP contribution in [-0.2, 0) is 4.79 Å². The van der Waals surface area contributed by atoms with E-state index in [1.807, 2.05) is 25.1 Å². The van der Waals surface area contributed by atoms with Crippen LogP contribution in [-0.4, -0.2) is 30.7 Å². The number of carbonyl (C=O) groups excluding carboxylic acids is 3. The van der Waals surface area contributed by atoms with Gasteiger partial charge in [0.25, 0.3) is 5.91 Å². The number of rotatable bonds is 8. The normalized spacial score (nSPS) is 10.2. The molecule has 2 rings (SSSR count). The van der Waals surface area contributed by atoms with Gasteiger partial charge in [-0.1, -0.05) is 51.8 Å². The van der Waals surface area contributed by atoms with Crippen LogP contribution >= 0.6 is 15.9 Å². The predicted molar refractivity (Wildman–Crippen MR) is 104 cm³/mol. The Morgan fingerprint density at radius 3 is 2.27 bits per heavy atom. The lowest BCUT2D eigenvalue weighted by atomic mass is 10.1. The van der Waals surface area contributed by atoms with Crippen molar-refractivity contribution in [3.8, 4) is 0 Å². The van der Waals surface area contributed by atoms with Gasteiger partial charge in [0.05, 0.1) is 0 Å². The van der Waals surface area contributed by atoms with E-state index in [1.54, 1.807) is 30.3 Å². The van der Waals surface area contributed by atoms with E-state index in [1.165, 1.54) is 0 Å². The minimum absolute atomic E-state index is 0.0527. The Morgan fingerprint density at radius 1 is 0.885 bits per heavy atom. The summed E-state index contributed by atoms with van der Waals surface area (Å²) in [4.78, 5) is 35.8. The van der Waals surface area contributed by atoms with Gasteiger partial charge >= 0.3 is 0 Å². The van der Waals surface area contributed by atoms with Crippen molar-refractivity contribution in [2.24, 2.45) is 0 Å². The molecule has 2 aromatic carbocycles. The van der Waals surface area contributed by atoms with E-state index in [0.717, 1.165) is 10.0 Å². The fourth-order valence-corrected chi connectivity index (χ4v) is 2.71. The Kier molecular flexibility index (Phi) is 7.53. The van der Waals surface area contributed by atoms with Crippen molar-refractivity contribution in [3.63, 3.8) is 0 Å². The molecule has 0 radical (unpaired) electrons. The molecule has 0 heterocycles. The first-order valence-corrected chi connectivity index (χ1v) is 9.15. The zero-order valence-corrected chi connectivity index (χ0v) is 16.1. The van der Waals surface area contributed by atoms with E-state index in [-0.39, 0.29) is 30.4 Å². The highest BCUT2D eigenvalue weighted by Gasteiger charge is 2.09. The summed E-state index contributed by atoms with van der Waals surface area (Å²) in [6, 6.07) is 14.4. The molecule has 2 aromatic rings. The summed E-state index contributed by atoms with van der Waals surface area (Å²) in [6.45, 7) is 2.59. The topological polar surface area (TPSA) is 75.3 Å². The van der Waals surface area contributed by atoms with Crippen LogP contribution in [0.1, 0.15) is 39.1 Å². The van der Waals surface area contributed by atoms with Crippen LogP contribution < -0.4 is 10.6 Å². The first-order chi connectivity index (χ1) is 12.5. The van der Waals surface area contributed by atoms with Crippen molar-refractivity contribution in [2.75, 3.05) is 13.1 Å². The van der Waals surface area contributed by atoms with Gasteiger partial charge in [-0.25, -0.2) is 0 Å². The van der Waals surface area contributed by atoms with Gasteiger partial charge in [0.2, 0.25) is 5.91 Å². The van der Waals surface area contributed by atoms with E-state index in [2.05, 4.69) is 26.6 Å². The van der Waals surface area contributed by atoms with Crippen LogP contribution in [0.4, 0.5) is 0 Å². The lowest BCUT2D eigenvalue weighted by molar-refractivity contribution is -0.121. The van der Waals surface area contributed by atoms with Gasteiger partial charge < -0.3 is 10.6 Å². The summed E-state index contributed by atoms with van der Waals surface area (Å²) in [5.74, 6) is -0.458. The number of ketones is 1. The molecule has 26 heavy (non-hydrogen) atoms. The highest BCUT2D eigenvalue weighted by atomic mass is 79.9. The number of Topliss-reactive ketones (excluding diaryl/α,β-unsaturated/α-hetero) is 1. The molecule has 0 saturated carbocycles. The van der Waals surface area contributed by atoms with Crippen LogP contribution in [0.2, 0.25) is 0 Å². The molecular weight excluding hydrogens is 396 g/mol. The largest absolute Gasteiger partial charge is 0.354 e. The van der Waals surface area contributed by atoms with Crippen molar-refractivity contribution in [1.29, 1.82) is 0 Å². The number of hydrogen-bond donors (Lipinski definition) is 2. The van der Waals surface area contributed by atoms with Gasteiger partial charge in [0.1, 0.15) is 0 Å². The summed E-state index contributed by atoms with van der Waals surface area (Å²) in [5.41, 5.74) is 2.25. The second-order valence-electron chi connectivity index (χ2n) is 5.91. The highest BCUT2D eigenvalue weighted by Crippen LogP contribution is 2.11. The van der Waals surface area contributed by atoms with Crippen molar-refractivity contribution < 1.29 is 14.4 Å². The standard InChI is InChI=1S/C20H21BrN2O3/c1-14-5-7-15(8-6-14)18(24)9-10-19(25)22-11-12-23-20(26)16-3-2-4-17(21)13-16/h2-8,13H,9-12H2,1H3,(H,22,25)(H,23,26). The van der Waals surface area contributed by atoms with Crippen molar-refractivity contribution in [1.82, 2.24) is 10.6 Å². The molecule has 0 saturated heterocycles. The predicted octanol–water partition coefficient (Wildman–Crippen LogP) is 3.27. The van der Waals surface area contributed by atoms with Crippen molar-refractivity contribution >= 4 is 33.5 Å². The summed E-state index contributed by atoms with van der Waals surface area (Å²) in [6.07, 6.45) is 0.297. The Morgan fingerprint density at radius 2 is 1.58 bits per heavy atom. The minimum Gasteiger partial charge on any atom is -0.354 e. The zero-order chi connectivity index (χ0) is 18.9. The molecule has 0 aliphatic heterocycles. The van der Waals surface area contributed by atoms with Gasteiger partial charge in [-0.3, -0.25) is 14.4 Å². The molecule has 0 fully saturated rings. The first-order valence-electron chi connectivity index (χ1n) is 8.36. The fourth-order valence-electron chi connectivity index (χ4n) is 2.31. The number of aryl methyl sites for hydroxylation is 1. The van der Waals surface area contributed by atoms with E-state index < -0.39 is 0 Å². The molecule has 2 N–H and O–H groups in total. The summed E-state index contributed by atoms with van der Waals surface area (Å²) in [7, 11) is 0. The van der Waals surface area contributed by atoms with Gasteiger partial charge in [-0.15, -0.1) is 0 Å². The molecule has 0 aromatic heterocycles. The monoisotopic (exact) mass is 416 g/mol. The van der Waals surface area contributed by atoms with Gasteiger partial charge in [0, 0.05) is 41.5 Å². The average molecular weight is 417 g/mol. The molecule has 0 spiro atoms. The van der Waals surface area contributed by atoms with Crippen molar-refractivity contribution in [3.05, 3.63) is 69.7 Å². The highest BCUT2D eigenvalue weighted by molar-refractivity contribution is 9.10. The molecule has 2 amide bonds. The number of benzene rings is 2. The maximum atomic E-state index is 12.0. The zero-order valence-electron chi connectivity index (χ0n) is 14.5. The molecule has 6 heteroatoms. The molecule has 0 aliphatic rings. The van der Waals surface area contributed by atoms with Crippen LogP contribution in [0.15, 0.2) is 53.0 Å². The molecule has 136 valence electrons. The number of halogens is 1. The van der Waals surface area contributed by atoms with Crippen molar-refractivity contribution in [2.45, 2.75) is 19.8 Å². The summed E-state index contributed by atoms with van der Waals surface area (Å²) >= 11 is 3.32. The van der Waals surface area contributed by atoms with Gasteiger partial charge in [-0.05, 0) is 25.1 Å². The maximum absolute atomic E-state index is 12.0. The summed E-state index contributed by atoms with van der Waals surface area (Å²) in [5, 5.41) is 5.44. The van der Waals surface area contributed by atoms with E-state index in [4.69, 9.17) is 0 Å². The van der Waals surface area contributed by atoms with Crippen LogP contribution in [0.25, 0.3) is 0 Å². The third-order valence-corrected chi connectivity index (χ3v) is 4.27. The number of amides is 2. The minimum atomic E-state index is -0.206. The Hall–Kier alpha value is -2.47. The molecule has 0 atom stereocenters. The Balaban J connectivity index is 1.65. The molecule has 0 unspecified atom stereocenters. The Bertz CT molecular complexity index is 788. The van der Waals surface area contributed by atoms with Crippen LogP contribution in [0, 0.1) is 6.92 Å². The second kappa shape index (κ2) is 9.87. The van der Waals surface area contributed by atoms with Gasteiger partial charge in [-0.2, -0.15) is 0 Å². The van der Waals surface area contributed by atoms with Gasteiger partial charge in [0.15, 0.2) is 5.78 Å². The van der Waals surface area contributed by atoms with E-state index in [0.29, 0.717) is 24.2 Å². The number of carbonyl (C=O) groups is 3. The lowest BCUT2D eigenvalue weighted by Crippen LogP contribution is -2.34. The van der Waals surface area contributed by atoms with E-state index in [9.17, 15) is 14.4 Å². The third kappa shape index (κ3) is 6.44. The van der Waals surface area contributed by atoms with Crippen LogP contribution in [0.5, 0.6) is 0 Å². The van der Waals surface area contributed by atoms with Crippen LogP contribution in [0.3, 0.4) is 0 Å². The molecule has 5 nitrogen and oxygen atoms in total. The SMILES string of the molecule is Cc1ccc(C(=O)CCC(=O)NCCNC(=O)c2cccc(Br)c2)cc1. The maximum Gasteiger partial charge on any atom is 0.251 e.